The Morgan fingerprint density at radius 3 is 2.47 bits per heavy atom. The largest absolute Gasteiger partial charge is 0.471 e. The Hall–Kier alpha value is -3.49. The molecule has 4 rings (SSSR count). The van der Waals surface area contributed by atoms with Crippen LogP contribution in [0.2, 0.25) is 0 Å². The van der Waals surface area contributed by atoms with Crippen LogP contribution in [-0.2, 0) is 22.2 Å². The Labute approximate surface area is 182 Å². The van der Waals surface area contributed by atoms with Gasteiger partial charge in [-0.15, -0.1) is 0 Å². The molecule has 2 aromatic carbocycles. The topological polar surface area (TPSA) is 76.3 Å². The number of carbonyl (C=O) groups is 2. The van der Waals surface area contributed by atoms with Crippen molar-refractivity contribution in [2.45, 2.75) is 44.3 Å². The zero-order valence-corrected chi connectivity index (χ0v) is 17.0. The minimum Gasteiger partial charge on any atom is -0.329 e. The van der Waals surface area contributed by atoms with E-state index in [2.05, 4.69) is 14.7 Å². The molecule has 32 heavy (non-hydrogen) atoms. The van der Waals surface area contributed by atoms with Crippen LogP contribution in [0.1, 0.15) is 37.1 Å². The third-order valence-electron chi connectivity index (χ3n) is 5.39. The van der Waals surface area contributed by atoms with Gasteiger partial charge in [0.2, 0.25) is 11.7 Å². The molecule has 0 radical (unpaired) electrons. The van der Waals surface area contributed by atoms with E-state index in [4.69, 9.17) is 0 Å². The molecule has 1 saturated heterocycles. The minimum absolute atomic E-state index is 0.00356. The number of hydrogen-bond donors (Lipinski definition) is 0. The summed E-state index contributed by atoms with van der Waals surface area (Å²) in [7, 11) is 0. The number of carbonyl (C=O) groups excluding carboxylic acids is 2. The van der Waals surface area contributed by atoms with Gasteiger partial charge in [-0.1, -0.05) is 35.5 Å². The number of alkyl halides is 3. The summed E-state index contributed by atoms with van der Waals surface area (Å²) in [6.07, 6.45) is -2.15. The second-order valence-electron chi connectivity index (χ2n) is 7.59. The molecule has 1 atom stereocenters. The van der Waals surface area contributed by atoms with Gasteiger partial charge in [-0.05, 0) is 49.1 Å². The summed E-state index contributed by atoms with van der Waals surface area (Å²) in [4.78, 5) is 30.1. The number of ketones is 1. The molecule has 2 heterocycles. The lowest BCUT2D eigenvalue weighted by Gasteiger charge is -2.24. The van der Waals surface area contributed by atoms with E-state index in [0.29, 0.717) is 30.5 Å². The first-order valence-corrected chi connectivity index (χ1v) is 10.2. The zero-order chi connectivity index (χ0) is 22.7. The summed E-state index contributed by atoms with van der Waals surface area (Å²) in [5.74, 6) is -1.78. The molecular weight excluding hydrogens is 423 g/mol. The predicted octanol–water partition coefficient (Wildman–Crippen LogP) is 4.84. The van der Waals surface area contributed by atoms with E-state index in [1.165, 1.54) is 17.0 Å². The predicted molar refractivity (Wildman–Crippen MR) is 110 cm³/mol. The average molecular weight is 443 g/mol. The Balaban J connectivity index is 1.43. The first-order valence-electron chi connectivity index (χ1n) is 10.2. The molecule has 0 saturated carbocycles. The monoisotopic (exact) mass is 443 g/mol. The number of nitrogens with zero attached hydrogens (tertiary/aromatic N) is 3. The summed E-state index contributed by atoms with van der Waals surface area (Å²) in [6, 6.07) is 15.5. The van der Waals surface area contributed by atoms with Crippen molar-refractivity contribution in [2.75, 3.05) is 4.90 Å². The number of benzene rings is 2. The van der Waals surface area contributed by atoms with Gasteiger partial charge in [-0.25, -0.2) is 0 Å². The first kappa shape index (κ1) is 21.7. The van der Waals surface area contributed by atoms with Gasteiger partial charge in [0.1, 0.15) is 0 Å². The van der Waals surface area contributed by atoms with Crippen molar-refractivity contribution >= 4 is 17.4 Å². The molecular formula is C23H20F3N3O3. The number of anilines is 1. The van der Waals surface area contributed by atoms with E-state index < -0.39 is 18.1 Å². The lowest BCUT2D eigenvalue weighted by Crippen LogP contribution is -2.38. The lowest BCUT2D eigenvalue weighted by molar-refractivity contribution is -0.159. The SMILES string of the molecule is O=C(CCCc1ccccc1)[C@@H]1CCC(=O)N1c1ccc(-c2noc(C(F)(F)F)n2)cc1. The molecule has 1 fully saturated rings. The van der Waals surface area contributed by atoms with Crippen LogP contribution in [0.3, 0.4) is 0 Å². The molecule has 0 bridgehead atoms. The highest BCUT2D eigenvalue weighted by Gasteiger charge is 2.39. The second kappa shape index (κ2) is 8.94. The van der Waals surface area contributed by atoms with Gasteiger partial charge in [-0.2, -0.15) is 18.2 Å². The number of halogens is 3. The third-order valence-corrected chi connectivity index (χ3v) is 5.39. The normalized spacial score (nSPS) is 16.5. The molecule has 1 aliphatic rings. The number of aryl methyl sites for hydroxylation is 1. The van der Waals surface area contributed by atoms with Gasteiger partial charge in [-0.3, -0.25) is 9.59 Å². The minimum atomic E-state index is -4.72. The molecule has 1 aliphatic heterocycles. The fraction of sp³-hybridized carbons (Fsp3) is 0.304. The van der Waals surface area contributed by atoms with Gasteiger partial charge < -0.3 is 9.42 Å². The average Bonchev–Trinajstić information content (AvgIpc) is 3.42. The van der Waals surface area contributed by atoms with Crippen LogP contribution in [0.25, 0.3) is 11.4 Å². The Morgan fingerprint density at radius 1 is 1.09 bits per heavy atom. The number of rotatable bonds is 7. The van der Waals surface area contributed by atoms with Crippen LogP contribution in [-0.4, -0.2) is 27.9 Å². The summed E-state index contributed by atoms with van der Waals surface area (Å²) in [6.45, 7) is 0. The fourth-order valence-corrected chi connectivity index (χ4v) is 3.82. The molecule has 0 aliphatic carbocycles. The van der Waals surface area contributed by atoms with Crippen LogP contribution >= 0.6 is 0 Å². The molecule has 9 heteroatoms. The molecule has 166 valence electrons. The van der Waals surface area contributed by atoms with Gasteiger partial charge in [0.25, 0.3) is 0 Å². The number of amides is 1. The molecule has 0 unspecified atom stereocenters. The smallest absolute Gasteiger partial charge is 0.329 e. The van der Waals surface area contributed by atoms with Crippen molar-refractivity contribution in [1.29, 1.82) is 0 Å². The highest BCUT2D eigenvalue weighted by molar-refractivity contribution is 6.04. The third kappa shape index (κ3) is 4.71. The summed E-state index contributed by atoms with van der Waals surface area (Å²) in [5.41, 5.74) is 1.98. The van der Waals surface area contributed by atoms with Crippen molar-refractivity contribution < 1.29 is 27.3 Å². The van der Waals surface area contributed by atoms with Crippen LogP contribution in [0.15, 0.2) is 59.1 Å². The highest BCUT2D eigenvalue weighted by atomic mass is 19.4. The molecule has 3 aromatic rings. The Bertz CT molecular complexity index is 1090. The van der Waals surface area contributed by atoms with Crippen LogP contribution in [0, 0.1) is 0 Å². The van der Waals surface area contributed by atoms with Crippen LogP contribution in [0.5, 0.6) is 0 Å². The van der Waals surface area contributed by atoms with Crippen molar-refractivity contribution in [3.05, 3.63) is 66.1 Å². The number of Topliss-reactive ketones (excluding diaryl/α,β-unsaturated/α-hetero) is 1. The van der Waals surface area contributed by atoms with E-state index >= 15 is 0 Å². The molecule has 0 N–H and O–H groups in total. The van der Waals surface area contributed by atoms with Crippen molar-refractivity contribution in [1.82, 2.24) is 10.1 Å². The highest BCUT2D eigenvalue weighted by Crippen LogP contribution is 2.32. The second-order valence-corrected chi connectivity index (χ2v) is 7.59. The fourth-order valence-electron chi connectivity index (χ4n) is 3.82. The van der Waals surface area contributed by atoms with Crippen molar-refractivity contribution in [3.63, 3.8) is 0 Å². The maximum atomic E-state index is 12.8. The zero-order valence-electron chi connectivity index (χ0n) is 17.0. The Morgan fingerprint density at radius 2 is 1.81 bits per heavy atom. The van der Waals surface area contributed by atoms with Gasteiger partial charge in [0.05, 0.1) is 6.04 Å². The van der Waals surface area contributed by atoms with Crippen LogP contribution in [0.4, 0.5) is 18.9 Å². The summed E-state index contributed by atoms with van der Waals surface area (Å²) < 4.78 is 42.2. The number of hydrogen-bond acceptors (Lipinski definition) is 5. The van der Waals surface area contributed by atoms with Gasteiger partial charge >= 0.3 is 12.1 Å². The first-order chi connectivity index (χ1) is 15.3. The van der Waals surface area contributed by atoms with Gasteiger partial charge in [0, 0.05) is 24.1 Å². The maximum Gasteiger partial charge on any atom is 0.471 e. The standard InChI is InChI=1S/C23H20F3N3O3/c24-23(25,26)22-27-21(28-32-22)16-9-11-17(12-10-16)29-18(13-14-20(29)31)19(30)8-4-7-15-5-2-1-3-6-15/h1-3,5-6,9-12,18H,4,7-8,13-14H2/t18-/m0/s1. The Kier molecular flexibility index (Phi) is 6.07. The summed E-state index contributed by atoms with van der Waals surface area (Å²) in [5, 5.41) is 3.36. The van der Waals surface area contributed by atoms with Gasteiger partial charge in [0.15, 0.2) is 5.78 Å². The lowest BCUT2D eigenvalue weighted by atomic mass is 10.0. The van der Waals surface area contributed by atoms with E-state index in [1.54, 1.807) is 12.1 Å². The van der Waals surface area contributed by atoms with Crippen molar-refractivity contribution in [3.8, 4) is 11.4 Å². The molecule has 1 aromatic heterocycles. The van der Waals surface area contributed by atoms with E-state index in [-0.39, 0.29) is 23.9 Å². The number of aromatic nitrogens is 2. The molecule has 0 spiro atoms. The quantitative estimate of drug-likeness (QED) is 0.522. The molecule has 6 nitrogen and oxygen atoms in total. The van der Waals surface area contributed by atoms with E-state index in [1.807, 2.05) is 30.3 Å². The van der Waals surface area contributed by atoms with Crippen LogP contribution < -0.4 is 4.90 Å². The maximum absolute atomic E-state index is 12.8. The van der Waals surface area contributed by atoms with E-state index in [0.717, 1.165) is 12.0 Å². The molecule has 1 amide bonds. The van der Waals surface area contributed by atoms with E-state index in [9.17, 15) is 22.8 Å². The summed E-state index contributed by atoms with van der Waals surface area (Å²) >= 11 is 0. The van der Waals surface area contributed by atoms with Crippen molar-refractivity contribution in [2.24, 2.45) is 0 Å².